The van der Waals surface area contributed by atoms with Crippen molar-refractivity contribution >= 4 is 51.5 Å². The number of nitrogens with zero attached hydrogens (tertiary/aromatic N) is 2. The van der Waals surface area contributed by atoms with Crippen LogP contribution in [0.5, 0.6) is 5.75 Å². The van der Waals surface area contributed by atoms with Crippen molar-refractivity contribution in [1.82, 2.24) is 9.97 Å². The topological polar surface area (TPSA) is 90.5 Å². The fraction of sp³-hybridized carbons (Fsp3) is 0.129. The molecule has 2 heterocycles. The van der Waals surface area contributed by atoms with Crippen molar-refractivity contribution in [2.45, 2.75) is 19.0 Å². The highest BCUT2D eigenvalue weighted by Crippen LogP contribution is 2.34. The van der Waals surface area contributed by atoms with Gasteiger partial charge in [-0.25, -0.2) is 4.79 Å². The summed E-state index contributed by atoms with van der Waals surface area (Å²) in [5.41, 5.74) is 5.53. The Balaban J connectivity index is 1.52. The number of methoxy groups -OCH3 is 1. The summed E-state index contributed by atoms with van der Waals surface area (Å²) in [5.74, 6) is 0.573. The van der Waals surface area contributed by atoms with Crippen LogP contribution in [0.15, 0.2) is 94.7 Å². The third-order valence-electron chi connectivity index (χ3n) is 7.00. The highest BCUT2D eigenvalue weighted by atomic mass is 35.5. The van der Waals surface area contributed by atoms with Gasteiger partial charge in [-0.1, -0.05) is 59.6 Å². The maximum Gasteiger partial charge on any atom is 0.323 e. The van der Waals surface area contributed by atoms with E-state index >= 15 is 0 Å². The Morgan fingerprint density at radius 3 is 2.45 bits per heavy atom. The van der Waals surface area contributed by atoms with Gasteiger partial charge in [-0.15, -0.1) is 0 Å². The molecular weight excluding hydrogens is 547 g/mol. The van der Waals surface area contributed by atoms with Crippen LogP contribution in [-0.2, 0) is 17.8 Å². The maximum atomic E-state index is 14.3. The van der Waals surface area contributed by atoms with E-state index in [1.165, 1.54) is 0 Å². The second kappa shape index (κ2) is 10.7. The van der Waals surface area contributed by atoms with E-state index in [0.717, 1.165) is 22.4 Å². The van der Waals surface area contributed by atoms with Gasteiger partial charge in [0.2, 0.25) is 0 Å². The van der Waals surface area contributed by atoms with Gasteiger partial charge >= 0.3 is 5.69 Å². The van der Waals surface area contributed by atoms with Crippen molar-refractivity contribution < 1.29 is 9.53 Å². The molecule has 1 unspecified atom stereocenters. The van der Waals surface area contributed by atoms with Crippen LogP contribution in [0.4, 0.5) is 5.69 Å². The number of hydrogen-bond donors (Lipinski definition) is 2. The number of aromatic amines is 2. The number of halogens is 2. The molecule has 0 spiro atoms. The second-order valence-corrected chi connectivity index (χ2v) is 10.4. The molecule has 2 N–H and O–H groups in total. The average Bonchev–Trinajstić information content (AvgIpc) is 3.29. The van der Waals surface area contributed by atoms with Crippen molar-refractivity contribution in [1.29, 1.82) is 0 Å². The predicted octanol–water partition coefficient (Wildman–Crippen LogP) is 6.17. The van der Waals surface area contributed by atoms with Gasteiger partial charge in [-0.05, 0) is 59.7 Å². The predicted molar refractivity (Wildman–Crippen MR) is 159 cm³/mol. The molecule has 0 bridgehead atoms. The van der Waals surface area contributed by atoms with E-state index in [1.807, 2.05) is 78.9 Å². The number of rotatable bonds is 6. The quantitative estimate of drug-likeness (QED) is 0.256. The zero-order valence-corrected chi connectivity index (χ0v) is 23.0. The lowest BCUT2D eigenvalue weighted by molar-refractivity contribution is -0.119. The lowest BCUT2D eigenvalue weighted by Gasteiger charge is -2.26. The first-order valence-electron chi connectivity index (χ1n) is 12.7. The molecule has 0 saturated heterocycles. The molecule has 5 aromatic rings. The third-order valence-corrected chi connectivity index (χ3v) is 7.60. The monoisotopic (exact) mass is 570 g/mol. The second-order valence-electron chi connectivity index (χ2n) is 9.56. The fourth-order valence-electron chi connectivity index (χ4n) is 5.00. The molecule has 0 radical (unpaired) electrons. The van der Waals surface area contributed by atoms with E-state index in [2.05, 4.69) is 9.97 Å². The van der Waals surface area contributed by atoms with Crippen molar-refractivity contribution in [2.75, 3.05) is 12.0 Å². The molecule has 40 heavy (non-hydrogen) atoms. The summed E-state index contributed by atoms with van der Waals surface area (Å²) >= 11 is 13.0. The Bertz CT molecular complexity index is 1820. The molecule has 0 saturated carbocycles. The van der Waals surface area contributed by atoms with Crippen LogP contribution in [0, 0.1) is 0 Å². The number of benzene rings is 4. The van der Waals surface area contributed by atoms with E-state index in [-0.39, 0.29) is 11.6 Å². The van der Waals surface area contributed by atoms with Crippen molar-refractivity contribution in [3.8, 4) is 5.75 Å². The molecule has 1 atom stereocenters. The van der Waals surface area contributed by atoms with Crippen LogP contribution < -0.4 is 15.3 Å². The number of anilines is 1. The van der Waals surface area contributed by atoms with Crippen molar-refractivity contribution in [2.24, 2.45) is 4.99 Å². The van der Waals surface area contributed by atoms with Gasteiger partial charge in [0, 0.05) is 27.6 Å². The minimum Gasteiger partial charge on any atom is -0.497 e. The minimum atomic E-state index is -0.764. The number of aromatic nitrogens is 2. The highest BCUT2D eigenvalue weighted by Gasteiger charge is 2.33. The SMILES string of the molecule is COc1ccc(CN2C(=O)C(Cc3ccccc3Cl)N=C(c3ccc4[nH]c(=O)[nH]c4c3)c3cc(Cl)ccc32)cc1. The number of nitrogens with one attached hydrogen (secondary N) is 2. The number of amides is 1. The van der Waals surface area contributed by atoms with Crippen LogP contribution in [-0.4, -0.2) is 34.7 Å². The van der Waals surface area contributed by atoms with Gasteiger partial charge < -0.3 is 19.6 Å². The average molecular weight is 571 g/mol. The number of ether oxygens (including phenoxy) is 1. The van der Waals surface area contributed by atoms with E-state index < -0.39 is 6.04 Å². The smallest absolute Gasteiger partial charge is 0.323 e. The number of fused-ring (bicyclic) bond motifs is 2. The van der Waals surface area contributed by atoms with Gasteiger partial charge in [-0.3, -0.25) is 9.79 Å². The Kier molecular flexibility index (Phi) is 6.92. The highest BCUT2D eigenvalue weighted by molar-refractivity contribution is 6.32. The normalized spacial score (nSPS) is 15.1. The van der Waals surface area contributed by atoms with Crippen LogP contribution >= 0.6 is 23.2 Å². The molecule has 1 aliphatic heterocycles. The molecule has 1 aliphatic rings. The van der Waals surface area contributed by atoms with E-state index in [1.54, 1.807) is 18.1 Å². The Hall–Kier alpha value is -4.33. The standard InChI is InChI=1S/C31H24Cl2N4O3/c1-40-22-10-6-18(7-11-22)17-37-28-13-9-21(32)16-23(28)29(20-8-12-25-26(15-20)36-31(39)35-25)34-27(30(37)38)14-19-4-2-3-5-24(19)33/h2-13,15-16,27H,14,17H2,1H3,(H2,35,36,39). The number of hydrogen-bond acceptors (Lipinski definition) is 4. The molecule has 9 heteroatoms. The van der Waals surface area contributed by atoms with E-state index in [0.29, 0.717) is 51.0 Å². The van der Waals surface area contributed by atoms with Crippen molar-refractivity contribution in [3.63, 3.8) is 0 Å². The molecule has 4 aromatic carbocycles. The molecule has 0 aliphatic carbocycles. The lowest BCUT2D eigenvalue weighted by atomic mass is 9.99. The van der Waals surface area contributed by atoms with Gasteiger partial charge in [0.1, 0.15) is 11.8 Å². The van der Waals surface area contributed by atoms with Gasteiger partial charge in [0.15, 0.2) is 0 Å². The largest absolute Gasteiger partial charge is 0.497 e. The summed E-state index contributed by atoms with van der Waals surface area (Å²) < 4.78 is 5.31. The summed E-state index contributed by atoms with van der Waals surface area (Å²) in [4.78, 5) is 38.6. The molecule has 6 rings (SSSR count). The number of aliphatic imine (C=N–C) groups is 1. The van der Waals surface area contributed by atoms with Crippen LogP contribution in [0.3, 0.4) is 0 Å². The van der Waals surface area contributed by atoms with Gasteiger partial charge in [-0.2, -0.15) is 0 Å². The van der Waals surface area contributed by atoms with Gasteiger partial charge in [0.25, 0.3) is 5.91 Å². The Morgan fingerprint density at radius 1 is 0.900 bits per heavy atom. The number of carbonyl (C=O) groups excluding carboxylic acids is 1. The summed E-state index contributed by atoms with van der Waals surface area (Å²) in [6.07, 6.45) is 0.312. The zero-order chi connectivity index (χ0) is 27.8. The third kappa shape index (κ3) is 5.01. The first-order chi connectivity index (χ1) is 19.4. The lowest BCUT2D eigenvalue weighted by Crippen LogP contribution is -2.38. The number of imidazole rings is 1. The minimum absolute atomic E-state index is 0.162. The van der Waals surface area contributed by atoms with E-state index in [4.69, 9.17) is 32.9 Å². The number of H-pyrrole nitrogens is 2. The summed E-state index contributed by atoms with van der Waals surface area (Å²) in [5, 5.41) is 1.09. The molecule has 7 nitrogen and oxygen atoms in total. The van der Waals surface area contributed by atoms with Crippen LogP contribution in [0.1, 0.15) is 22.3 Å². The first-order valence-corrected chi connectivity index (χ1v) is 13.4. The molecule has 200 valence electrons. The summed E-state index contributed by atoms with van der Waals surface area (Å²) in [6, 6.07) is 25.3. The molecule has 1 amide bonds. The number of benzodiazepines with no additional fused rings is 1. The maximum absolute atomic E-state index is 14.3. The number of carbonyl (C=O) groups is 1. The van der Waals surface area contributed by atoms with Gasteiger partial charge in [0.05, 0.1) is 36.1 Å². The molecular formula is C31H24Cl2N4O3. The van der Waals surface area contributed by atoms with Crippen LogP contribution in [0.2, 0.25) is 10.0 Å². The van der Waals surface area contributed by atoms with Crippen molar-refractivity contribution in [3.05, 3.63) is 128 Å². The summed E-state index contributed by atoms with van der Waals surface area (Å²) in [7, 11) is 1.62. The zero-order valence-electron chi connectivity index (χ0n) is 21.4. The fourth-order valence-corrected chi connectivity index (χ4v) is 5.39. The first kappa shape index (κ1) is 25.9. The Morgan fingerprint density at radius 2 is 1.68 bits per heavy atom. The van der Waals surface area contributed by atoms with E-state index in [9.17, 15) is 9.59 Å². The molecule has 1 aromatic heterocycles. The van der Waals surface area contributed by atoms with Crippen LogP contribution in [0.25, 0.3) is 11.0 Å². The summed E-state index contributed by atoms with van der Waals surface area (Å²) in [6.45, 7) is 0.323. The Labute approximate surface area is 240 Å². The molecule has 0 fully saturated rings.